The minimum Gasteiger partial charge on any atom is -0.494 e. The molecule has 1 aromatic carbocycles. The van der Waals surface area contributed by atoms with Crippen molar-refractivity contribution in [3.05, 3.63) is 30.0 Å². The molecule has 122 valence electrons. The third kappa shape index (κ3) is 5.06. The van der Waals surface area contributed by atoms with Crippen LogP contribution in [0.5, 0.6) is 11.5 Å². The van der Waals surface area contributed by atoms with Gasteiger partial charge >= 0.3 is 0 Å². The number of pyridine rings is 1. The van der Waals surface area contributed by atoms with Crippen molar-refractivity contribution in [1.82, 2.24) is 4.98 Å². The standard InChI is InChI=1S/C18H25NO2.ClH/c1-4-6-10-20-15-8-9-16-17(13-15)19-14(3)12-18(16)21-11-7-5-2;/h8-9,12-13H,4-7,10-11H2,1-3H3;1H. The fourth-order valence-corrected chi connectivity index (χ4v) is 2.17. The van der Waals surface area contributed by atoms with Gasteiger partial charge in [-0.15, -0.1) is 12.4 Å². The van der Waals surface area contributed by atoms with Gasteiger partial charge in [-0.25, -0.2) is 0 Å². The van der Waals surface area contributed by atoms with Gasteiger partial charge in [-0.2, -0.15) is 0 Å². The summed E-state index contributed by atoms with van der Waals surface area (Å²) in [6, 6.07) is 8.06. The third-order valence-corrected chi connectivity index (χ3v) is 3.39. The highest BCUT2D eigenvalue weighted by Gasteiger charge is 2.07. The molecule has 0 N–H and O–H groups in total. The number of hydrogen-bond acceptors (Lipinski definition) is 3. The molecule has 1 heterocycles. The second-order valence-electron chi connectivity index (χ2n) is 5.34. The topological polar surface area (TPSA) is 31.4 Å². The molecule has 0 bridgehead atoms. The number of unbranched alkanes of at least 4 members (excludes halogenated alkanes) is 2. The fraction of sp³-hybridized carbons (Fsp3) is 0.500. The second kappa shape index (κ2) is 9.52. The Balaban J connectivity index is 0.00000242. The number of aryl methyl sites for hydroxylation is 1. The third-order valence-electron chi connectivity index (χ3n) is 3.39. The van der Waals surface area contributed by atoms with E-state index in [2.05, 4.69) is 18.8 Å². The maximum absolute atomic E-state index is 5.90. The highest BCUT2D eigenvalue weighted by Crippen LogP contribution is 2.28. The minimum absolute atomic E-state index is 0. The molecule has 2 rings (SSSR count). The number of halogens is 1. The molecule has 4 heteroatoms. The molecule has 3 nitrogen and oxygen atoms in total. The quantitative estimate of drug-likeness (QED) is 0.616. The molecule has 0 aliphatic rings. The van der Waals surface area contributed by atoms with Crippen LogP contribution >= 0.6 is 12.4 Å². The Morgan fingerprint density at radius 2 is 1.64 bits per heavy atom. The van der Waals surface area contributed by atoms with E-state index in [0.29, 0.717) is 0 Å². The summed E-state index contributed by atoms with van der Waals surface area (Å²) >= 11 is 0. The maximum Gasteiger partial charge on any atom is 0.130 e. The number of aromatic nitrogens is 1. The first-order chi connectivity index (χ1) is 10.2. The van der Waals surface area contributed by atoms with Gasteiger partial charge in [0.25, 0.3) is 0 Å². The van der Waals surface area contributed by atoms with E-state index in [0.717, 1.165) is 67.0 Å². The van der Waals surface area contributed by atoms with Crippen molar-refractivity contribution >= 4 is 23.3 Å². The summed E-state index contributed by atoms with van der Waals surface area (Å²) in [5.41, 5.74) is 1.91. The molecule has 0 fully saturated rings. The number of fused-ring (bicyclic) bond motifs is 1. The molecular formula is C18H26ClNO2. The summed E-state index contributed by atoms with van der Waals surface area (Å²) in [7, 11) is 0. The molecule has 0 amide bonds. The van der Waals surface area contributed by atoms with Gasteiger partial charge in [0.15, 0.2) is 0 Å². The number of ether oxygens (including phenoxy) is 2. The first-order valence-corrected chi connectivity index (χ1v) is 7.91. The van der Waals surface area contributed by atoms with Gasteiger partial charge < -0.3 is 9.47 Å². The summed E-state index contributed by atoms with van der Waals surface area (Å²) in [5, 5.41) is 1.06. The van der Waals surface area contributed by atoms with Crippen molar-refractivity contribution in [3.8, 4) is 11.5 Å². The van der Waals surface area contributed by atoms with Crippen molar-refractivity contribution in [2.75, 3.05) is 13.2 Å². The van der Waals surface area contributed by atoms with Crippen LogP contribution in [0.25, 0.3) is 10.9 Å². The lowest BCUT2D eigenvalue weighted by Gasteiger charge is -2.11. The summed E-state index contributed by atoms with van der Waals surface area (Å²) in [6.07, 6.45) is 4.42. The van der Waals surface area contributed by atoms with Gasteiger partial charge in [0.05, 0.1) is 18.7 Å². The van der Waals surface area contributed by atoms with Crippen LogP contribution in [0.3, 0.4) is 0 Å². The summed E-state index contributed by atoms with van der Waals surface area (Å²) in [4.78, 5) is 4.59. The molecule has 1 aromatic heterocycles. The molecule has 0 unspecified atom stereocenters. The van der Waals surface area contributed by atoms with Gasteiger partial charge in [0.2, 0.25) is 0 Å². The number of nitrogens with zero attached hydrogens (tertiary/aromatic N) is 1. The molecule has 22 heavy (non-hydrogen) atoms. The first-order valence-electron chi connectivity index (χ1n) is 7.91. The lowest BCUT2D eigenvalue weighted by Crippen LogP contribution is -2.00. The maximum atomic E-state index is 5.90. The number of hydrogen-bond donors (Lipinski definition) is 0. The van der Waals surface area contributed by atoms with Crippen LogP contribution in [0.2, 0.25) is 0 Å². The molecule has 0 saturated carbocycles. The molecule has 0 aliphatic heterocycles. The van der Waals surface area contributed by atoms with Crippen LogP contribution in [0, 0.1) is 6.92 Å². The molecule has 0 aliphatic carbocycles. The van der Waals surface area contributed by atoms with Crippen LogP contribution in [-0.2, 0) is 0 Å². The Labute approximate surface area is 139 Å². The lowest BCUT2D eigenvalue weighted by atomic mass is 10.1. The van der Waals surface area contributed by atoms with E-state index in [1.54, 1.807) is 0 Å². The van der Waals surface area contributed by atoms with E-state index in [-0.39, 0.29) is 12.4 Å². The summed E-state index contributed by atoms with van der Waals surface area (Å²) in [5.74, 6) is 1.81. The van der Waals surface area contributed by atoms with E-state index in [1.807, 2.05) is 31.2 Å². The van der Waals surface area contributed by atoms with E-state index in [1.165, 1.54) is 0 Å². The van der Waals surface area contributed by atoms with Crippen LogP contribution in [0.1, 0.15) is 45.2 Å². The monoisotopic (exact) mass is 323 g/mol. The highest BCUT2D eigenvalue weighted by atomic mass is 35.5. The molecular weight excluding hydrogens is 298 g/mol. The first kappa shape index (κ1) is 18.6. The van der Waals surface area contributed by atoms with Crippen molar-refractivity contribution < 1.29 is 9.47 Å². The van der Waals surface area contributed by atoms with Crippen LogP contribution in [0.4, 0.5) is 0 Å². The number of benzene rings is 1. The van der Waals surface area contributed by atoms with Crippen molar-refractivity contribution in [1.29, 1.82) is 0 Å². The zero-order valence-electron chi connectivity index (χ0n) is 13.7. The van der Waals surface area contributed by atoms with Crippen molar-refractivity contribution in [3.63, 3.8) is 0 Å². The Morgan fingerprint density at radius 1 is 0.955 bits per heavy atom. The van der Waals surface area contributed by atoms with E-state index in [9.17, 15) is 0 Å². The van der Waals surface area contributed by atoms with Crippen LogP contribution < -0.4 is 9.47 Å². The SMILES string of the molecule is CCCCOc1ccc2c(OCCCC)cc(C)nc2c1.Cl. The van der Waals surface area contributed by atoms with E-state index >= 15 is 0 Å². The van der Waals surface area contributed by atoms with Crippen LogP contribution in [0.15, 0.2) is 24.3 Å². The second-order valence-corrected chi connectivity index (χ2v) is 5.34. The minimum atomic E-state index is 0. The van der Waals surface area contributed by atoms with Crippen molar-refractivity contribution in [2.24, 2.45) is 0 Å². The van der Waals surface area contributed by atoms with Gasteiger partial charge in [-0.1, -0.05) is 26.7 Å². The van der Waals surface area contributed by atoms with E-state index in [4.69, 9.17) is 9.47 Å². The smallest absolute Gasteiger partial charge is 0.130 e. The largest absolute Gasteiger partial charge is 0.494 e. The Hall–Kier alpha value is -1.48. The number of rotatable bonds is 8. The van der Waals surface area contributed by atoms with Crippen LogP contribution in [-0.4, -0.2) is 18.2 Å². The Kier molecular flexibility index (Phi) is 8.03. The summed E-state index contributed by atoms with van der Waals surface area (Å²) in [6.45, 7) is 7.84. The lowest BCUT2D eigenvalue weighted by molar-refractivity contribution is 0.309. The molecule has 2 aromatic rings. The molecule has 0 atom stereocenters. The fourth-order valence-electron chi connectivity index (χ4n) is 2.17. The average Bonchev–Trinajstić information content (AvgIpc) is 2.47. The molecule has 0 spiro atoms. The van der Waals surface area contributed by atoms with Gasteiger partial charge in [0.1, 0.15) is 11.5 Å². The normalized spacial score (nSPS) is 10.3. The van der Waals surface area contributed by atoms with Crippen molar-refractivity contribution in [2.45, 2.75) is 46.5 Å². The molecule has 0 radical (unpaired) electrons. The van der Waals surface area contributed by atoms with Gasteiger partial charge in [-0.05, 0) is 31.9 Å². The van der Waals surface area contributed by atoms with Gasteiger partial charge in [-0.3, -0.25) is 4.98 Å². The average molecular weight is 324 g/mol. The zero-order chi connectivity index (χ0) is 15.1. The highest BCUT2D eigenvalue weighted by molar-refractivity contribution is 5.86. The predicted octanol–water partition coefficient (Wildman–Crippen LogP) is 5.32. The summed E-state index contributed by atoms with van der Waals surface area (Å²) < 4.78 is 11.7. The zero-order valence-corrected chi connectivity index (χ0v) is 14.5. The Morgan fingerprint density at radius 3 is 2.32 bits per heavy atom. The van der Waals surface area contributed by atoms with E-state index < -0.39 is 0 Å². The Bertz CT molecular complexity index is 587. The van der Waals surface area contributed by atoms with Gasteiger partial charge in [0, 0.05) is 23.2 Å². The molecule has 0 saturated heterocycles. The predicted molar refractivity (Wildman–Crippen MR) is 94.5 cm³/mol.